The summed E-state index contributed by atoms with van der Waals surface area (Å²) in [6, 6.07) is 3.04. The Morgan fingerprint density at radius 3 is 2.43 bits per heavy atom. The molecule has 6 rings (SSSR count). The largest absolute Gasteiger partial charge is 0.461 e. The normalized spacial score (nSPS) is 23.1. The van der Waals surface area contributed by atoms with Crippen molar-refractivity contribution >= 4 is 25.1 Å². The number of nitrogens with two attached hydrogens (primary N) is 1. The number of ether oxygens (including phenoxy) is 1. The molecule has 17 heteroatoms. The molecule has 0 bridgehead atoms. The average Bonchev–Trinajstić information content (AvgIpc) is 3.67. The van der Waals surface area contributed by atoms with Crippen molar-refractivity contribution in [2.45, 2.75) is 96.3 Å². The predicted molar refractivity (Wildman–Crippen MR) is 192 cm³/mol. The lowest BCUT2D eigenvalue weighted by molar-refractivity contribution is -0.139. The number of halogens is 3. The van der Waals surface area contributed by atoms with E-state index in [0.29, 0.717) is 31.1 Å². The zero-order chi connectivity index (χ0) is 38.1. The fraction of sp³-hybridized carbons (Fsp3) is 0.694. The quantitative estimate of drug-likeness (QED) is 0.271. The van der Waals surface area contributed by atoms with Crippen LogP contribution in [-0.4, -0.2) is 101 Å². The van der Waals surface area contributed by atoms with Gasteiger partial charge in [0.25, 0.3) is 0 Å². The van der Waals surface area contributed by atoms with Crippen molar-refractivity contribution in [3.63, 3.8) is 0 Å². The van der Waals surface area contributed by atoms with E-state index in [4.69, 9.17) is 29.5 Å². The Bertz CT molecular complexity index is 1750. The van der Waals surface area contributed by atoms with Crippen molar-refractivity contribution in [2.75, 3.05) is 69.3 Å². The zero-order valence-corrected chi connectivity index (χ0v) is 31.8. The van der Waals surface area contributed by atoms with E-state index in [0.717, 1.165) is 44.3 Å². The number of pyridine rings is 1. The minimum absolute atomic E-state index is 0.0178. The number of nitrogen functional groups attached to an aromatic ring is 1. The van der Waals surface area contributed by atoms with Crippen LogP contribution in [0.4, 0.5) is 24.8 Å². The van der Waals surface area contributed by atoms with Crippen molar-refractivity contribution in [1.82, 2.24) is 24.8 Å². The highest BCUT2D eigenvalue weighted by Crippen LogP contribution is 2.49. The highest BCUT2D eigenvalue weighted by atomic mass is 31.2. The fourth-order valence-electron chi connectivity index (χ4n) is 8.89. The number of carbonyl (C=O) groups excluding carboxylic acids is 1. The van der Waals surface area contributed by atoms with Crippen LogP contribution in [0.1, 0.15) is 86.9 Å². The van der Waals surface area contributed by atoms with Gasteiger partial charge in [0.2, 0.25) is 5.91 Å². The van der Waals surface area contributed by atoms with E-state index >= 15 is 0 Å². The second kappa shape index (κ2) is 15.7. The van der Waals surface area contributed by atoms with Crippen molar-refractivity contribution in [3.8, 4) is 12.1 Å². The number of alkyl halides is 3. The third-order valence-corrected chi connectivity index (χ3v) is 13.2. The number of fused-ring (bicyclic) bond motifs is 2. The average molecular weight is 763 g/mol. The first-order valence-electron chi connectivity index (χ1n) is 18.6. The van der Waals surface area contributed by atoms with Crippen LogP contribution in [0, 0.1) is 24.2 Å². The summed E-state index contributed by atoms with van der Waals surface area (Å²) in [4.78, 5) is 33.7. The molecule has 1 amide bonds. The molecule has 3 fully saturated rings. The number of nitriles is 1. The molecule has 2 aromatic rings. The van der Waals surface area contributed by atoms with Gasteiger partial charge in [0.15, 0.2) is 0 Å². The first kappa shape index (κ1) is 39.2. The number of hydrogen-bond acceptors (Lipinski definition) is 12. The van der Waals surface area contributed by atoms with E-state index in [9.17, 15) is 27.8 Å². The van der Waals surface area contributed by atoms with Gasteiger partial charge >= 0.3 is 19.8 Å². The second-order valence-electron chi connectivity index (χ2n) is 14.7. The second-order valence-corrected chi connectivity index (χ2v) is 16.8. The molecular formula is C36H50F3N8O5P. The highest BCUT2D eigenvalue weighted by molar-refractivity contribution is 7.54. The fourth-order valence-corrected chi connectivity index (χ4v) is 10.5. The Labute approximate surface area is 308 Å². The van der Waals surface area contributed by atoms with Crippen LogP contribution >= 0.6 is 7.60 Å². The topological polar surface area (TPSA) is 160 Å². The van der Waals surface area contributed by atoms with Crippen LogP contribution < -0.4 is 15.4 Å². The van der Waals surface area contributed by atoms with Gasteiger partial charge in [-0.05, 0) is 89.9 Å². The number of carbonyl (C=O) groups is 1. The van der Waals surface area contributed by atoms with Crippen molar-refractivity contribution in [2.24, 2.45) is 5.92 Å². The lowest BCUT2D eigenvalue weighted by Crippen LogP contribution is -2.56. The summed E-state index contributed by atoms with van der Waals surface area (Å²) in [5.41, 5.74) is 6.49. The maximum atomic E-state index is 14.5. The number of amides is 1. The summed E-state index contributed by atoms with van der Waals surface area (Å²) in [6.45, 7) is 10.1. The Balaban J connectivity index is 1.34. The third-order valence-electron chi connectivity index (χ3n) is 11.3. The minimum Gasteiger partial charge on any atom is -0.461 e. The molecule has 2 aromatic heterocycles. The van der Waals surface area contributed by atoms with Crippen molar-refractivity contribution in [1.29, 1.82) is 5.26 Å². The summed E-state index contributed by atoms with van der Waals surface area (Å²) in [7, 11) is -3.68. The summed E-state index contributed by atoms with van der Waals surface area (Å²) in [6.07, 6.45) is -0.312. The molecule has 13 nitrogen and oxygen atoms in total. The number of piperazine rings is 1. The van der Waals surface area contributed by atoms with E-state index in [-0.39, 0.29) is 73.7 Å². The van der Waals surface area contributed by atoms with E-state index in [1.807, 2.05) is 11.8 Å². The van der Waals surface area contributed by atoms with Gasteiger partial charge in [-0.3, -0.25) is 14.3 Å². The Morgan fingerprint density at radius 1 is 1.09 bits per heavy atom. The molecule has 0 saturated carbocycles. The molecular weight excluding hydrogens is 712 g/mol. The smallest absolute Gasteiger partial charge is 0.418 e. The van der Waals surface area contributed by atoms with E-state index in [2.05, 4.69) is 16.0 Å². The molecule has 3 atom stereocenters. The van der Waals surface area contributed by atoms with Crippen LogP contribution in [0.5, 0.6) is 6.01 Å². The maximum absolute atomic E-state index is 14.5. The molecule has 53 heavy (non-hydrogen) atoms. The van der Waals surface area contributed by atoms with E-state index in [1.54, 1.807) is 18.7 Å². The molecule has 0 aromatic carbocycles. The van der Waals surface area contributed by atoms with Crippen LogP contribution in [-0.2, 0) is 37.4 Å². The first-order valence-corrected chi connectivity index (χ1v) is 20.3. The third kappa shape index (κ3) is 8.14. The molecule has 2 N–H and O–H groups in total. The molecule has 0 spiro atoms. The summed E-state index contributed by atoms with van der Waals surface area (Å²) < 4.78 is 73.9. The lowest BCUT2D eigenvalue weighted by Gasteiger charge is -2.43. The standard InChI is InChI=1S/C36H50F3N8O5P/c1-5-51-53(49,52-6-2)21-30(48)47-16-15-45(20-25(47)9-12-40)33-27-17-23(3)26(32-31(36(37,38)39)24(4)18-29(41)43-32)19-28(27)42-34(44-33)50-22-35-10-7-13-46(35)14-8-11-35/h18,23,25-26H,5-11,13-17,19-22H2,1-4H3,(H2,41,43)/t23?,25-,26?/m0/s1. The molecule has 1 aliphatic carbocycles. The number of rotatable bonds is 12. The van der Waals surface area contributed by atoms with Crippen LogP contribution in [0.2, 0.25) is 0 Å². The maximum Gasteiger partial charge on any atom is 0.418 e. The van der Waals surface area contributed by atoms with Gasteiger partial charge in [-0.15, -0.1) is 0 Å². The monoisotopic (exact) mass is 762 g/mol. The Hall–Kier alpha value is -3.51. The molecule has 4 aliphatic rings. The van der Waals surface area contributed by atoms with Gasteiger partial charge < -0.3 is 29.3 Å². The van der Waals surface area contributed by atoms with Gasteiger partial charge in [0.1, 0.15) is 24.4 Å². The van der Waals surface area contributed by atoms with Gasteiger partial charge in [-0.2, -0.15) is 28.4 Å². The predicted octanol–water partition coefficient (Wildman–Crippen LogP) is 5.50. The van der Waals surface area contributed by atoms with E-state index in [1.165, 1.54) is 13.0 Å². The van der Waals surface area contributed by atoms with Gasteiger partial charge in [0.05, 0.1) is 54.2 Å². The first-order chi connectivity index (χ1) is 25.2. The number of nitrogens with zero attached hydrogens (tertiary/aromatic N) is 7. The zero-order valence-electron chi connectivity index (χ0n) is 31.0. The molecule has 0 radical (unpaired) electrons. The number of aryl methyl sites for hydroxylation is 1. The summed E-state index contributed by atoms with van der Waals surface area (Å²) >= 11 is 0. The van der Waals surface area contributed by atoms with Gasteiger partial charge in [-0.25, -0.2) is 4.98 Å². The number of hydrogen-bond donors (Lipinski definition) is 1. The highest BCUT2D eigenvalue weighted by Gasteiger charge is 2.46. The molecule has 3 aliphatic heterocycles. The molecule has 3 saturated heterocycles. The van der Waals surface area contributed by atoms with Crippen molar-refractivity contribution < 1.29 is 36.3 Å². The summed E-state index contributed by atoms with van der Waals surface area (Å²) in [5, 5.41) is 9.80. The lowest BCUT2D eigenvalue weighted by atomic mass is 9.75. The minimum atomic E-state index is -4.62. The molecule has 5 heterocycles. The Morgan fingerprint density at radius 2 is 1.79 bits per heavy atom. The molecule has 290 valence electrons. The Kier molecular flexibility index (Phi) is 11.6. The summed E-state index contributed by atoms with van der Waals surface area (Å²) in [5.74, 6) is -0.715. The van der Waals surface area contributed by atoms with E-state index < -0.39 is 43.4 Å². The SMILES string of the molecule is CCOP(=O)(CC(=O)N1CCN(c2nc(OCC34CCCN3CCC4)nc3c2CC(C)C(c2nc(N)cc(C)c2C(F)(F)F)C3)C[C@@H]1CC#N)OCC. The van der Waals surface area contributed by atoms with Crippen LogP contribution in [0.3, 0.4) is 0 Å². The number of anilines is 2. The van der Waals surface area contributed by atoms with Crippen LogP contribution in [0.25, 0.3) is 0 Å². The molecule has 2 unspecified atom stereocenters. The van der Waals surface area contributed by atoms with Crippen LogP contribution in [0.15, 0.2) is 6.07 Å². The van der Waals surface area contributed by atoms with Crippen molar-refractivity contribution in [3.05, 3.63) is 34.1 Å². The number of aromatic nitrogens is 3. The van der Waals surface area contributed by atoms with Gasteiger partial charge in [0, 0.05) is 31.1 Å². The van der Waals surface area contributed by atoms with Gasteiger partial charge in [-0.1, -0.05) is 6.92 Å².